The topological polar surface area (TPSA) is 65.8 Å². The number of rotatable bonds is 7. The average Bonchev–Trinajstić information content (AvgIpc) is 2.65. The quantitative estimate of drug-likeness (QED) is 0.304. The molecule has 0 saturated carbocycles. The van der Waals surface area contributed by atoms with Crippen LogP contribution in [0.4, 0.5) is 0 Å². The van der Waals surface area contributed by atoms with E-state index in [9.17, 15) is 10.1 Å². The largest absolute Gasteiger partial charge is 0.345 e. The average molecular weight is 410 g/mol. The molecule has 0 aliphatic rings. The third kappa shape index (κ3) is 5.98. The standard InChI is InChI=1S/C21H20BrN3O/c1-2-8-19(16-9-4-3-5-10-16)25-21(26)17(15-23)11-6-12-18-13-7-14-20(22)24-18/h3-7,9-14,19H,2,8H2,1H3,(H,25,26)/b12-6+,17-11+/t19-/m0/s1. The molecule has 2 aromatic rings. The Labute approximate surface area is 162 Å². The Bertz CT molecular complexity index is 838. The van der Waals surface area contributed by atoms with Crippen LogP contribution in [0.5, 0.6) is 0 Å². The number of benzene rings is 1. The number of nitriles is 1. The van der Waals surface area contributed by atoms with Crippen LogP contribution in [0.3, 0.4) is 0 Å². The molecule has 26 heavy (non-hydrogen) atoms. The molecule has 5 heteroatoms. The van der Waals surface area contributed by atoms with Gasteiger partial charge in [0.25, 0.3) is 5.91 Å². The molecule has 132 valence electrons. The van der Waals surface area contributed by atoms with Gasteiger partial charge in [-0.1, -0.05) is 55.8 Å². The van der Waals surface area contributed by atoms with Gasteiger partial charge in [-0.2, -0.15) is 5.26 Å². The minimum Gasteiger partial charge on any atom is -0.345 e. The molecule has 0 unspecified atom stereocenters. The van der Waals surface area contributed by atoms with Crippen LogP contribution in [0.25, 0.3) is 6.08 Å². The first-order valence-corrected chi connectivity index (χ1v) is 9.20. The maximum Gasteiger partial charge on any atom is 0.262 e. The smallest absolute Gasteiger partial charge is 0.262 e. The second kappa shape index (κ2) is 10.3. The molecular formula is C21H20BrN3O. The highest BCUT2D eigenvalue weighted by molar-refractivity contribution is 9.10. The second-order valence-corrected chi connectivity index (χ2v) is 6.47. The molecule has 1 aromatic heterocycles. The van der Waals surface area contributed by atoms with Crippen molar-refractivity contribution in [3.05, 3.63) is 82.1 Å². The minimum absolute atomic E-state index is 0.0632. The van der Waals surface area contributed by atoms with E-state index >= 15 is 0 Å². The van der Waals surface area contributed by atoms with Crippen molar-refractivity contribution in [1.29, 1.82) is 5.26 Å². The molecule has 0 aliphatic carbocycles. The first-order chi connectivity index (χ1) is 12.6. The van der Waals surface area contributed by atoms with Crippen LogP contribution in [0.15, 0.2) is 70.9 Å². The fourth-order valence-electron chi connectivity index (χ4n) is 2.46. The summed E-state index contributed by atoms with van der Waals surface area (Å²) in [5.74, 6) is -0.373. The molecule has 4 nitrogen and oxygen atoms in total. The first kappa shape index (κ1) is 19.6. The Morgan fingerprint density at radius 3 is 2.69 bits per heavy atom. The van der Waals surface area contributed by atoms with Crippen molar-refractivity contribution in [2.24, 2.45) is 0 Å². The number of hydrogen-bond acceptors (Lipinski definition) is 3. The van der Waals surface area contributed by atoms with Crippen molar-refractivity contribution in [1.82, 2.24) is 10.3 Å². The molecule has 0 spiro atoms. The highest BCUT2D eigenvalue weighted by Crippen LogP contribution is 2.18. The normalized spacial score (nSPS) is 12.6. The van der Waals surface area contributed by atoms with E-state index in [1.807, 2.05) is 54.6 Å². The maximum absolute atomic E-state index is 12.5. The van der Waals surface area contributed by atoms with Crippen LogP contribution in [0.2, 0.25) is 0 Å². The Morgan fingerprint density at radius 2 is 2.04 bits per heavy atom. The predicted octanol–water partition coefficient (Wildman–Crippen LogP) is 4.96. The van der Waals surface area contributed by atoms with Gasteiger partial charge in [-0.15, -0.1) is 0 Å². The Morgan fingerprint density at radius 1 is 1.27 bits per heavy atom. The fourth-order valence-corrected chi connectivity index (χ4v) is 2.81. The highest BCUT2D eigenvalue weighted by Gasteiger charge is 2.16. The highest BCUT2D eigenvalue weighted by atomic mass is 79.9. The summed E-state index contributed by atoms with van der Waals surface area (Å²) in [6, 6.07) is 17.2. The molecule has 1 heterocycles. The van der Waals surface area contributed by atoms with Gasteiger partial charge >= 0.3 is 0 Å². The van der Waals surface area contributed by atoms with Crippen LogP contribution in [-0.4, -0.2) is 10.9 Å². The van der Waals surface area contributed by atoms with E-state index in [1.54, 1.807) is 12.2 Å². The van der Waals surface area contributed by atoms with Crippen LogP contribution in [0, 0.1) is 11.3 Å². The number of amides is 1. The molecule has 1 atom stereocenters. The van der Waals surface area contributed by atoms with Crippen molar-refractivity contribution in [3.63, 3.8) is 0 Å². The summed E-state index contributed by atoms with van der Waals surface area (Å²) < 4.78 is 0.729. The Balaban J connectivity index is 2.10. The van der Waals surface area contributed by atoms with Gasteiger partial charge in [0, 0.05) is 0 Å². The lowest BCUT2D eigenvalue weighted by atomic mass is 10.0. The molecule has 1 aromatic carbocycles. The van der Waals surface area contributed by atoms with E-state index < -0.39 is 0 Å². The van der Waals surface area contributed by atoms with Gasteiger partial charge in [-0.25, -0.2) is 4.98 Å². The first-order valence-electron chi connectivity index (χ1n) is 8.41. The summed E-state index contributed by atoms with van der Waals surface area (Å²) in [5, 5.41) is 12.3. The van der Waals surface area contributed by atoms with E-state index in [1.165, 1.54) is 6.08 Å². The lowest BCUT2D eigenvalue weighted by Crippen LogP contribution is -2.29. The summed E-state index contributed by atoms with van der Waals surface area (Å²) >= 11 is 3.31. The molecule has 0 fully saturated rings. The summed E-state index contributed by atoms with van der Waals surface area (Å²) in [7, 11) is 0. The SMILES string of the molecule is CCC[C@H](NC(=O)/C(C#N)=C/C=C/c1cccc(Br)n1)c1ccccc1. The van der Waals surface area contributed by atoms with E-state index in [-0.39, 0.29) is 17.5 Å². The zero-order valence-electron chi connectivity index (χ0n) is 14.5. The molecule has 0 bridgehead atoms. The summed E-state index contributed by atoms with van der Waals surface area (Å²) in [6.07, 6.45) is 6.65. The molecule has 1 amide bonds. The molecule has 1 N–H and O–H groups in total. The molecule has 2 rings (SSSR count). The van der Waals surface area contributed by atoms with Crippen LogP contribution in [-0.2, 0) is 4.79 Å². The lowest BCUT2D eigenvalue weighted by Gasteiger charge is -2.18. The maximum atomic E-state index is 12.5. The van der Waals surface area contributed by atoms with E-state index in [0.29, 0.717) is 0 Å². The fraction of sp³-hybridized carbons (Fsp3) is 0.190. The number of halogens is 1. The predicted molar refractivity (Wildman–Crippen MR) is 107 cm³/mol. The van der Waals surface area contributed by atoms with Gasteiger partial charge in [0.1, 0.15) is 16.2 Å². The van der Waals surface area contributed by atoms with Gasteiger partial charge in [0.2, 0.25) is 0 Å². The molecule has 0 aliphatic heterocycles. The third-order valence-corrected chi connectivity index (χ3v) is 4.16. The Hall–Kier alpha value is -2.71. The number of aromatic nitrogens is 1. The van der Waals surface area contributed by atoms with Gasteiger partial charge in [-0.05, 0) is 52.2 Å². The van der Waals surface area contributed by atoms with Crippen molar-refractivity contribution in [2.45, 2.75) is 25.8 Å². The van der Waals surface area contributed by atoms with Gasteiger partial charge < -0.3 is 5.32 Å². The monoisotopic (exact) mass is 409 g/mol. The zero-order valence-corrected chi connectivity index (χ0v) is 16.1. The summed E-state index contributed by atoms with van der Waals surface area (Å²) in [5.41, 5.74) is 1.84. The summed E-state index contributed by atoms with van der Waals surface area (Å²) in [4.78, 5) is 16.7. The summed E-state index contributed by atoms with van der Waals surface area (Å²) in [6.45, 7) is 2.07. The van der Waals surface area contributed by atoms with Gasteiger partial charge in [0.05, 0.1) is 11.7 Å². The molecule has 0 radical (unpaired) electrons. The van der Waals surface area contributed by atoms with Crippen molar-refractivity contribution < 1.29 is 4.79 Å². The third-order valence-electron chi connectivity index (χ3n) is 3.72. The van der Waals surface area contributed by atoms with E-state index in [0.717, 1.165) is 28.7 Å². The molecular weight excluding hydrogens is 390 g/mol. The number of hydrogen-bond donors (Lipinski definition) is 1. The van der Waals surface area contributed by atoms with Crippen LogP contribution >= 0.6 is 15.9 Å². The van der Waals surface area contributed by atoms with Gasteiger partial charge in [0.15, 0.2) is 0 Å². The Kier molecular flexibility index (Phi) is 7.78. The van der Waals surface area contributed by atoms with Gasteiger partial charge in [-0.3, -0.25) is 4.79 Å². The van der Waals surface area contributed by atoms with E-state index in [4.69, 9.17) is 0 Å². The minimum atomic E-state index is -0.373. The number of carbonyl (C=O) groups is 1. The number of nitrogens with zero attached hydrogens (tertiary/aromatic N) is 2. The van der Waals surface area contributed by atoms with Crippen molar-refractivity contribution in [2.75, 3.05) is 0 Å². The van der Waals surface area contributed by atoms with E-state index in [2.05, 4.69) is 33.2 Å². The number of carbonyl (C=O) groups excluding carboxylic acids is 1. The van der Waals surface area contributed by atoms with Crippen molar-refractivity contribution in [3.8, 4) is 6.07 Å². The van der Waals surface area contributed by atoms with Crippen LogP contribution in [0.1, 0.15) is 37.1 Å². The number of allylic oxidation sites excluding steroid dienone is 2. The number of nitrogens with one attached hydrogen (secondary N) is 1. The van der Waals surface area contributed by atoms with Crippen molar-refractivity contribution >= 4 is 27.9 Å². The van der Waals surface area contributed by atoms with Crippen LogP contribution < -0.4 is 5.32 Å². The molecule has 0 saturated heterocycles. The zero-order chi connectivity index (χ0) is 18.8. The second-order valence-electron chi connectivity index (χ2n) is 5.66. The lowest BCUT2D eigenvalue weighted by molar-refractivity contribution is -0.117. The number of pyridine rings is 1.